The minimum atomic E-state index is -2.71. The fourth-order valence-electron chi connectivity index (χ4n) is 2.95. The molecule has 24 heavy (non-hydrogen) atoms. The van der Waals surface area contributed by atoms with Crippen LogP contribution in [0, 0.1) is 0 Å². The molecular weight excluding hydrogens is 322 g/mol. The number of rotatable bonds is 11. The molecule has 0 unspecified atom stereocenters. The van der Waals surface area contributed by atoms with Gasteiger partial charge < -0.3 is 0 Å². The minimum Gasteiger partial charge on any atom is -0.201 e. The third kappa shape index (κ3) is 6.01. The first-order valence-electron chi connectivity index (χ1n) is 9.16. The molecule has 0 fully saturated rings. The second-order valence-corrected chi connectivity index (χ2v) is 7.43. The van der Waals surface area contributed by atoms with E-state index in [2.05, 4.69) is 6.92 Å². The fourth-order valence-corrected chi connectivity index (χ4v) is 3.68. The van der Waals surface area contributed by atoms with Crippen molar-refractivity contribution in [3.63, 3.8) is 0 Å². The lowest BCUT2D eigenvalue weighted by molar-refractivity contribution is -0.0158. The molecule has 0 aliphatic rings. The summed E-state index contributed by atoms with van der Waals surface area (Å²) in [7, 11) is 0. The molecule has 0 aliphatic heterocycles. The Balaban J connectivity index is 1.74. The van der Waals surface area contributed by atoms with Gasteiger partial charge in [-0.25, -0.2) is 8.78 Å². The van der Waals surface area contributed by atoms with E-state index in [1.807, 2.05) is 29.6 Å². The predicted molar refractivity (Wildman–Crippen MR) is 101 cm³/mol. The fraction of sp³-hybridized carbons (Fsp3) is 0.524. The highest BCUT2D eigenvalue weighted by molar-refractivity contribution is 7.13. The van der Waals surface area contributed by atoms with E-state index < -0.39 is 5.92 Å². The lowest BCUT2D eigenvalue weighted by Crippen LogP contribution is -2.13. The van der Waals surface area contributed by atoms with Gasteiger partial charge in [-0.05, 0) is 23.4 Å². The smallest absolute Gasteiger partial charge is 0.201 e. The predicted octanol–water partition coefficient (Wildman–Crippen LogP) is 8.04. The van der Waals surface area contributed by atoms with Gasteiger partial charge in [-0.2, -0.15) is 0 Å². The van der Waals surface area contributed by atoms with Crippen LogP contribution in [0.25, 0.3) is 10.4 Å². The Morgan fingerprint density at radius 3 is 2.04 bits per heavy atom. The number of hydrogen-bond donors (Lipinski definition) is 0. The van der Waals surface area contributed by atoms with Crippen LogP contribution in [-0.2, 0) is 5.92 Å². The zero-order valence-electron chi connectivity index (χ0n) is 14.6. The summed E-state index contributed by atoms with van der Waals surface area (Å²) in [4.78, 5) is 1.12. The van der Waals surface area contributed by atoms with Crippen molar-refractivity contribution < 1.29 is 8.78 Å². The minimum absolute atomic E-state index is 0.0414. The first-order valence-corrected chi connectivity index (χ1v) is 10.0. The lowest BCUT2D eigenvalue weighted by Gasteiger charge is -2.17. The molecule has 0 spiro atoms. The van der Waals surface area contributed by atoms with E-state index in [-0.39, 0.29) is 12.0 Å². The molecule has 0 saturated heterocycles. The molecule has 0 atom stereocenters. The van der Waals surface area contributed by atoms with Gasteiger partial charge in [0, 0.05) is 16.9 Å². The van der Waals surface area contributed by atoms with Crippen molar-refractivity contribution >= 4 is 11.3 Å². The maximum Gasteiger partial charge on any atom is 0.273 e. The summed E-state index contributed by atoms with van der Waals surface area (Å²) in [6.07, 6.45) is 8.80. The first kappa shape index (κ1) is 19.1. The summed E-state index contributed by atoms with van der Waals surface area (Å²) >= 11 is 1.63. The van der Waals surface area contributed by atoms with Crippen LogP contribution >= 0.6 is 11.3 Å². The molecule has 1 aromatic heterocycles. The van der Waals surface area contributed by atoms with Gasteiger partial charge in [-0.3, -0.25) is 0 Å². The van der Waals surface area contributed by atoms with E-state index in [4.69, 9.17) is 0 Å². The normalized spacial score (nSPS) is 11.8. The van der Waals surface area contributed by atoms with Gasteiger partial charge in [0.05, 0.1) is 0 Å². The van der Waals surface area contributed by atoms with Crippen molar-refractivity contribution in [1.29, 1.82) is 0 Å². The van der Waals surface area contributed by atoms with Crippen LogP contribution < -0.4 is 0 Å². The van der Waals surface area contributed by atoms with Crippen LogP contribution in [0.1, 0.15) is 70.3 Å². The average molecular weight is 351 g/mol. The van der Waals surface area contributed by atoms with Gasteiger partial charge in [0.1, 0.15) is 0 Å². The molecule has 2 rings (SSSR count). The van der Waals surface area contributed by atoms with Crippen LogP contribution in [-0.4, -0.2) is 0 Å². The molecule has 0 aliphatic carbocycles. The van der Waals surface area contributed by atoms with Crippen LogP contribution in [0.2, 0.25) is 0 Å². The van der Waals surface area contributed by atoms with Gasteiger partial charge >= 0.3 is 0 Å². The number of unbranched alkanes of at least 4 members (excludes halogenated alkanes) is 7. The number of benzene rings is 1. The van der Waals surface area contributed by atoms with E-state index in [1.54, 1.807) is 23.5 Å². The monoisotopic (exact) mass is 350 g/mol. The van der Waals surface area contributed by atoms with Gasteiger partial charge in [-0.1, -0.05) is 82.2 Å². The Kier molecular flexibility index (Phi) is 7.90. The Labute approximate surface area is 148 Å². The topological polar surface area (TPSA) is 0 Å². The molecule has 0 bridgehead atoms. The summed E-state index contributed by atoms with van der Waals surface area (Å²) in [5.41, 5.74) is 1.15. The van der Waals surface area contributed by atoms with Crippen LogP contribution in [0.15, 0.2) is 41.8 Å². The van der Waals surface area contributed by atoms with Gasteiger partial charge in [0.25, 0.3) is 5.92 Å². The van der Waals surface area contributed by atoms with Crippen molar-refractivity contribution in [2.24, 2.45) is 0 Å². The highest BCUT2D eigenvalue weighted by atomic mass is 32.1. The molecule has 132 valence electrons. The maximum absolute atomic E-state index is 14.3. The summed E-state index contributed by atoms with van der Waals surface area (Å²) in [6, 6.07) is 10.8. The van der Waals surface area contributed by atoms with E-state index in [1.165, 1.54) is 32.1 Å². The van der Waals surface area contributed by atoms with E-state index in [0.717, 1.165) is 23.3 Å². The van der Waals surface area contributed by atoms with Gasteiger partial charge in [0.15, 0.2) is 0 Å². The highest BCUT2D eigenvalue weighted by Crippen LogP contribution is 2.35. The number of alkyl halides is 2. The number of hydrogen-bond acceptors (Lipinski definition) is 1. The summed E-state index contributed by atoms with van der Waals surface area (Å²) in [5, 5.41) is 2.00. The number of thiophene rings is 1. The Morgan fingerprint density at radius 1 is 0.833 bits per heavy atom. The zero-order chi connectivity index (χ0) is 17.3. The molecule has 0 radical (unpaired) electrons. The van der Waals surface area contributed by atoms with Crippen molar-refractivity contribution in [2.75, 3.05) is 0 Å². The summed E-state index contributed by atoms with van der Waals surface area (Å²) in [5.74, 6) is -2.71. The van der Waals surface area contributed by atoms with E-state index in [0.29, 0.717) is 6.42 Å². The van der Waals surface area contributed by atoms with Crippen molar-refractivity contribution in [3.05, 3.63) is 47.3 Å². The molecule has 0 N–H and O–H groups in total. The summed E-state index contributed by atoms with van der Waals surface area (Å²) < 4.78 is 28.6. The second-order valence-electron chi connectivity index (χ2n) is 6.48. The molecule has 1 heterocycles. The van der Waals surface area contributed by atoms with Crippen molar-refractivity contribution in [2.45, 2.75) is 70.6 Å². The lowest BCUT2D eigenvalue weighted by atomic mass is 9.99. The Bertz CT molecular complexity index is 558. The van der Waals surface area contributed by atoms with Crippen LogP contribution in [0.5, 0.6) is 0 Å². The molecule has 0 amide bonds. The Hall–Kier alpha value is -1.22. The Morgan fingerprint density at radius 2 is 1.46 bits per heavy atom. The van der Waals surface area contributed by atoms with Crippen molar-refractivity contribution in [3.8, 4) is 10.4 Å². The zero-order valence-corrected chi connectivity index (χ0v) is 15.4. The molecule has 0 saturated carbocycles. The first-order chi connectivity index (χ1) is 11.6. The SMILES string of the molecule is CCCCCCCCCCC(F)(F)c1ccc(-c2cccs2)cc1. The molecule has 3 heteroatoms. The second kappa shape index (κ2) is 9.93. The third-order valence-electron chi connectivity index (χ3n) is 4.46. The quantitative estimate of drug-likeness (QED) is 0.360. The summed E-state index contributed by atoms with van der Waals surface area (Å²) in [6.45, 7) is 2.20. The molecule has 0 nitrogen and oxygen atoms in total. The highest BCUT2D eigenvalue weighted by Gasteiger charge is 2.30. The standard InChI is InChI=1S/C21H28F2S/c1-2-3-4-5-6-7-8-9-16-21(22,23)19-14-12-18(13-15-19)20-11-10-17-24-20/h10-15,17H,2-9,16H2,1H3. The number of halogens is 2. The van der Waals surface area contributed by atoms with E-state index >= 15 is 0 Å². The van der Waals surface area contributed by atoms with Gasteiger partial charge in [-0.15, -0.1) is 11.3 Å². The van der Waals surface area contributed by atoms with Crippen LogP contribution in [0.3, 0.4) is 0 Å². The maximum atomic E-state index is 14.3. The molecular formula is C21H28F2S. The molecule has 2 aromatic rings. The van der Waals surface area contributed by atoms with Crippen LogP contribution in [0.4, 0.5) is 8.78 Å². The van der Waals surface area contributed by atoms with Crippen molar-refractivity contribution in [1.82, 2.24) is 0 Å². The largest absolute Gasteiger partial charge is 0.273 e. The third-order valence-corrected chi connectivity index (χ3v) is 5.38. The molecule has 1 aromatic carbocycles. The van der Waals surface area contributed by atoms with Gasteiger partial charge in [0.2, 0.25) is 0 Å². The van der Waals surface area contributed by atoms with E-state index in [9.17, 15) is 8.78 Å². The average Bonchev–Trinajstić information content (AvgIpc) is 3.12.